The van der Waals surface area contributed by atoms with Gasteiger partial charge in [0.1, 0.15) is 18.2 Å². The highest BCUT2D eigenvalue weighted by atomic mass is 35.5. The lowest BCUT2D eigenvalue weighted by Gasteiger charge is -2.09. The Morgan fingerprint density at radius 3 is 2.83 bits per heavy atom. The van der Waals surface area contributed by atoms with E-state index in [-0.39, 0.29) is 18.1 Å². The van der Waals surface area contributed by atoms with Crippen LogP contribution in [0.15, 0.2) is 29.6 Å². The van der Waals surface area contributed by atoms with Gasteiger partial charge >= 0.3 is 0 Å². The maximum atomic E-state index is 13.1. The van der Waals surface area contributed by atoms with Gasteiger partial charge in [0.25, 0.3) is 0 Å². The van der Waals surface area contributed by atoms with E-state index in [9.17, 15) is 9.18 Å². The Labute approximate surface area is 113 Å². The number of Topliss-reactive ketones (excluding diaryl/α,β-unsaturated/α-hetero) is 1. The van der Waals surface area contributed by atoms with Gasteiger partial charge in [-0.15, -0.1) is 11.3 Å². The van der Waals surface area contributed by atoms with E-state index in [1.165, 1.54) is 36.5 Å². The summed E-state index contributed by atoms with van der Waals surface area (Å²) in [6.45, 7) is 1.64. The molecule has 0 aliphatic rings. The first-order valence-corrected chi connectivity index (χ1v) is 6.49. The lowest BCUT2D eigenvalue weighted by atomic mass is 10.1. The summed E-state index contributed by atoms with van der Waals surface area (Å²) in [5.41, 5.74) is 0.365. The molecule has 1 aromatic carbocycles. The lowest BCUT2D eigenvalue weighted by molar-refractivity contribution is 0.101. The Balaban J connectivity index is 2.20. The average Bonchev–Trinajstić information content (AvgIpc) is 2.72. The molecule has 2 aromatic rings. The van der Waals surface area contributed by atoms with Crippen LogP contribution in [0.25, 0.3) is 0 Å². The number of hydrogen-bond donors (Lipinski definition) is 0. The molecule has 2 rings (SSSR count). The number of hydrogen-bond acceptors (Lipinski definition) is 3. The number of ether oxygens (including phenoxy) is 1. The second kappa shape index (κ2) is 5.50. The van der Waals surface area contributed by atoms with E-state index in [1.54, 1.807) is 6.07 Å². The molecule has 0 fully saturated rings. The molecule has 0 saturated carbocycles. The van der Waals surface area contributed by atoms with Gasteiger partial charge in [-0.1, -0.05) is 11.6 Å². The summed E-state index contributed by atoms with van der Waals surface area (Å²) in [4.78, 5) is 12.2. The molecule has 0 unspecified atom stereocenters. The van der Waals surface area contributed by atoms with Gasteiger partial charge in [-0.2, -0.15) is 0 Å². The zero-order chi connectivity index (χ0) is 13.1. The Bertz CT molecular complexity index is 580. The van der Waals surface area contributed by atoms with Gasteiger partial charge in [0, 0.05) is 6.07 Å². The molecule has 2 nitrogen and oxygen atoms in total. The van der Waals surface area contributed by atoms with Crippen molar-refractivity contribution in [3.8, 4) is 5.75 Å². The average molecular weight is 285 g/mol. The monoisotopic (exact) mass is 284 g/mol. The van der Waals surface area contributed by atoms with Crippen molar-refractivity contribution in [2.45, 2.75) is 13.5 Å². The standard InChI is InChI=1S/C13H10ClFO2S/c1-8(16)10-3-2-9(15)6-12(10)17-7-13-11(14)4-5-18-13/h2-6H,7H2,1H3. The van der Waals surface area contributed by atoms with Crippen molar-refractivity contribution in [2.75, 3.05) is 0 Å². The highest BCUT2D eigenvalue weighted by Gasteiger charge is 2.11. The summed E-state index contributed by atoms with van der Waals surface area (Å²) in [7, 11) is 0. The molecule has 0 aliphatic carbocycles. The number of benzene rings is 1. The minimum absolute atomic E-state index is 0.165. The van der Waals surface area contributed by atoms with E-state index < -0.39 is 5.82 Å². The maximum Gasteiger partial charge on any atom is 0.163 e. The van der Waals surface area contributed by atoms with E-state index in [2.05, 4.69) is 0 Å². The lowest BCUT2D eigenvalue weighted by Crippen LogP contribution is -2.01. The van der Waals surface area contributed by atoms with Gasteiger partial charge in [0.2, 0.25) is 0 Å². The van der Waals surface area contributed by atoms with Crippen molar-refractivity contribution < 1.29 is 13.9 Å². The largest absolute Gasteiger partial charge is 0.487 e. The zero-order valence-electron chi connectivity index (χ0n) is 9.57. The Hall–Kier alpha value is -1.39. The van der Waals surface area contributed by atoms with Gasteiger partial charge < -0.3 is 4.74 Å². The minimum atomic E-state index is -0.438. The topological polar surface area (TPSA) is 26.3 Å². The van der Waals surface area contributed by atoms with Gasteiger partial charge in [-0.3, -0.25) is 4.79 Å². The Morgan fingerprint density at radius 1 is 1.44 bits per heavy atom. The third kappa shape index (κ3) is 2.89. The molecule has 0 saturated heterocycles. The van der Waals surface area contributed by atoms with Crippen LogP contribution < -0.4 is 4.74 Å². The Morgan fingerprint density at radius 2 is 2.22 bits per heavy atom. The molecule has 0 bridgehead atoms. The summed E-state index contributed by atoms with van der Waals surface area (Å²) in [5.74, 6) is -0.360. The van der Waals surface area contributed by atoms with Crippen LogP contribution in [0, 0.1) is 5.82 Å². The molecule has 1 heterocycles. The van der Waals surface area contributed by atoms with Crippen LogP contribution in [0.2, 0.25) is 5.02 Å². The van der Waals surface area contributed by atoms with Crippen molar-refractivity contribution in [1.82, 2.24) is 0 Å². The zero-order valence-corrected chi connectivity index (χ0v) is 11.1. The fourth-order valence-electron chi connectivity index (χ4n) is 1.48. The summed E-state index contributed by atoms with van der Waals surface area (Å²) < 4.78 is 18.6. The van der Waals surface area contributed by atoms with E-state index >= 15 is 0 Å². The van der Waals surface area contributed by atoms with E-state index in [4.69, 9.17) is 16.3 Å². The summed E-state index contributed by atoms with van der Waals surface area (Å²) in [5, 5.41) is 2.46. The fraction of sp³-hybridized carbons (Fsp3) is 0.154. The van der Waals surface area contributed by atoms with Crippen molar-refractivity contribution in [2.24, 2.45) is 0 Å². The third-order valence-corrected chi connectivity index (χ3v) is 3.73. The van der Waals surface area contributed by atoms with Crippen LogP contribution in [0.3, 0.4) is 0 Å². The molecule has 5 heteroatoms. The molecule has 94 valence electrons. The van der Waals surface area contributed by atoms with Crippen LogP contribution in [-0.2, 0) is 6.61 Å². The van der Waals surface area contributed by atoms with E-state index in [0.717, 1.165) is 4.88 Å². The first kappa shape index (κ1) is 13.1. The van der Waals surface area contributed by atoms with Crippen LogP contribution in [0.1, 0.15) is 22.2 Å². The molecular formula is C13H10ClFO2S. The van der Waals surface area contributed by atoms with Crippen molar-refractivity contribution in [1.29, 1.82) is 0 Å². The molecular weight excluding hydrogens is 275 g/mol. The molecule has 0 atom stereocenters. The number of rotatable bonds is 4. The molecule has 0 spiro atoms. The number of ketones is 1. The highest BCUT2D eigenvalue weighted by molar-refractivity contribution is 7.10. The second-order valence-electron chi connectivity index (χ2n) is 3.68. The second-order valence-corrected chi connectivity index (χ2v) is 5.08. The number of thiophene rings is 1. The smallest absolute Gasteiger partial charge is 0.163 e. The third-order valence-electron chi connectivity index (χ3n) is 2.37. The Kier molecular flexibility index (Phi) is 3.99. The van der Waals surface area contributed by atoms with Crippen LogP contribution in [0.4, 0.5) is 4.39 Å². The van der Waals surface area contributed by atoms with Crippen molar-refractivity contribution in [3.63, 3.8) is 0 Å². The van der Waals surface area contributed by atoms with Crippen LogP contribution >= 0.6 is 22.9 Å². The molecule has 0 aliphatic heterocycles. The van der Waals surface area contributed by atoms with Crippen molar-refractivity contribution >= 4 is 28.7 Å². The van der Waals surface area contributed by atoms with Gasteiger partial charge in [0.15, 0.2) is 5.78 Å². The first-order chi connectivity index (χ1) is 8.58. The van der Waals surface area contributed by atoms with Crippen LogP contribution in [-0.4, -0.2) is 5.78 Å². The van der Waals surface area contributed by atoms with Gasteiger partial charge in [-0.25, -0.2) is 4.39 Å². The van der Waals surface area contributed by atoms with E-state index in [0.29, 0.717) is 10.6 Å². The molecule has 0 radical (unpaired) electrons. The first-order valence-electron chi connectivity index (χ1n) is 5.23. The minimum Gasteiger partial charge on any atom is -0.487 e. The molecule has 0 N–H and O–H groups in total. The summed E-state index contributed by atoms with van der Waals surface area (Å²) in [6.07, 6.45) is 0. The predicted molar refractivity (Wildman–Crippen MR) is 70.1 cm³/mol. The molecule has 1 aromatic heterocycles. The fourth-order valence-corrected chi connectivity index (χ4v) is 2.48. The number of halogens is 2. The van der Waals surface area contributed by atoms with Gasteiger partial charge in [-0.05, 0) is 30.5 Å². The predicted octanol–water partition coefficient (Wildman–Crippen LogP) is 4.32. The number of carbonyl (C=O) groups is 1. The number of carbonyl (C=O) groups excluding carboxylic acids is 1. The summed E-state index contributed by atoms with van der Waals surface area (Å²) >= 11 is 7.38. The highest BCUT2D eigenvalue weighted by Crippen LogP contribution is 2.26. The van der Waals surface area contributed by atoms with E-state index in [1.807, 2.05) is 5.38 Å². The normalized spacial score (nSPS) is 10.4. The summed E-state index contributed by atoms with van der Waals surface area (Å²) in [6, 6.07) is 5.63. The van der Waals surface area contributed by atoms with Crippen molar-refractivity contribution in [3.05, 3.63) is 50.9 Å². The quantitative estimate of drug-likeness (QED) is 0.782. The maximum absolute atomic E-state index is 13.1. The SMILES string of the molecule is CC(=O)c1ccc(F)cc1OCc1sccc1Cl. The van der Waals surface area contributed by atoms with Crippen LogP contribution in [0.5, 0.6) is 5.75 Å². The molecule has 0 amide bonds. The van der Waals surface area contributed by atoms with Gasteiger partial charge in [0.05, 0.1) is 15.5 Å². The molecule has 18 heavy (non-hydrogen) atoms.